The maximum atomic E-state index is 12.7. The van der Waals surface area contributed by atoms with E-state index >= 15 is 0 Å². The zero-order valence-corrected chi connectivity index (χ0v) is 10.3. The van der Waals surface area contributed by atoms with Crippen LogP contribution in [-0.2, 0) is 10.9 Å². The second-order valence-electron chi connectivity index (χ2n) is 4.41. The summed E-state index contributed by atoms with van der Waals surface area (Å²) in [7, 11) is 1.78. The van der Waals surface area contributed by atoms with Gasteiger partial charge in [0.25, 0.3) is 0 Å². The molecule has 0 fully saturated rings. The molecule has 18 heavy (non-hydrogen) atoms. The molecule has 2 atom stereocenters. The topological polar surface area (TPSA) is 21.3 Å². The minimum absolute atomic E-state index is 0.0370. The molecule has 1 heterocycles. The first-order chi connectivity index (χ1) is 8.47. The summed E-state index contributed by atoms with van der Waals surface area (Å²) in [4.78, 5) is 0. The quantitative estimate of drug-likeness (QED) is 0.878. The molecule has 1 aromatic rings. The second-order valence-corrected chi connectivity index (χ2v) is 4.41. The van der Waals surface area contributed by atoms with Crippen LogP contribution in [0.4, 0.5) is 13.2 Å². The van der Waals surface area contributed by atoms with Crippen LogP contribution in [0.1, 0.15) is 42.2 Å². The van der Waals surface area contributed by atoms with Crippen molar-refractivity contribution in [2.45, 2.75) is 31.7 Å². The predicted molar refractivity (Wildman–Crippen MR) is 62.2 cm³/mol. The lowest BCUT2D eigenvalue weighted by Gasteiger charge is -2.32. The molecule has 0 saturated carbocycles. The fraction of sp³-hybridized carbons (Fsp3) is 0.538. The van der Waals surface area contributed by atoms with Crippen LogP contribution >= 0.6 is 0 Å². The van der Waals surface area contributed by atoms with Gasteiger partial charge in [0, 0.05) is 0 Å². The Labute approximate surface area is 104 Å². The van der Waals surface area contributed by atoms with E-state index in [1.807, 2.05) is 6.92 Å². The van der Waals surface area contributed by atoms with E-state index in [0.29, 0.717) is 18.6 Å². The van der Waals surface area contributed by atoms with Gasteiger partial charge in [0.05, 0.1) is 24.3 Å². The minimum atomic E-state index is -4.31. The molecule has 2 rings (SSSR count). The maximum absolute atomic E-state index is 12.7. The summed E-state index contributed by atoms with van der Waals surface area (Å²) in [5.41, 5.74) is 0.946. The fourth-order valence-electron chi connectivity index (χ4n) is 2.32. The molecule has 1 aliphatic heterocycles. The Kier molecular flexibility index (Phi) is 3.64. The average Bonchev–Trinajstić information content (AvgIpc) is 2.35. The van der Waals surface area contributed by atoms with E-state index in [1.165, 1.54) is 6.07 Å². The molecule has 100 valence electrons. The Bertz CT molecular complexity index is 431. The van der Waals surface area contributed by atoms with Gasteiger partial charge in [0.15, 0.2) is 0 Å². The Balaban J connectivity index is 2.47. The molecule has 0 aromatic heterocycles. The van der Waals surface area contributed by atoms with Gasteiger partial charge in [0.1, 0.15) is 0 Å². The normalized spacial score (nSPS) is 23.8. The van der Waals surface area contributed by atoms with Crippen molar-refractivity contribution in [3.8, 4) is 0 Å². The molecular weight excluding hydrogens is 243 g/mol. The number of nitrogens with one attached hydrogen (secondary N) is 1. The molecule has 1 unspecified atom stereocenters. The largest absolute Gasteiger partial charge is 0.416 e. The van der Waals surface area contributed by atoms with E-state index in [0.717, 1.165) is 11.6 Å². The fourth-order valence-corrected chi connectivity index (χ4v) is 2.32. The summed E-state index contributed by atoms with van der Waals surface area (Å²) in [6, 6.07) is 3.88. The molecule has 0 amide bonds. The second kappa shape index (κ2) is 4.90. The van der Waals surface area contributed by atoms with Gasteiger partial charge in [-0.15, -0.1) is 0 Å². The average molecular weight is 259 g/mol. The van der Waals surface area contributed by atoms with Crippen molar-refractivity contribution in [3.63, 3.8) is 0 Å². The summed E-state index contributed by atoms with van der Waals surface area (Å²) in [6.07, 6.45) is -3.88. The van der Waals surface area contributed by atoms with Gasteiger partial charge in [0.2, 0.25) is 0 Å². The van der Waals surface area contributed by atoms with E-state index in [4.69, 9.17) is 4.74 Å². The number of halogens is 3. The summed E-state index contributed by atoms with van der Waals surface area (Å²) in [6.45, 7) is 2.40. The Morgan fingerprint density at radius 1 is 1.33 bits per heavy atom. The maximum Gasteiger partial charge on any atom is 0.416 e. The van der Waals surface area contributed by atoms with Crippen molar-refractivity contribution in [1.82, 2.24) is 5.32 Å². The SMILES string of the molecule is CCC1OC[C@@H](NC)c2ccc(C(F)(F)F)cc21. The number of rotatable bonds is 2. The number of fused-ring (bicyclic) bond motifs is 1. The summed E-state index contributed by atoms with van der Waals surface area (Å²) in [5.74, 6) is 0. The Morgan fingerprint density at radius 2 is 2.06 bits per heavy atom. The predicted octanol–water partition coefficient (Wildman–Crippen LogP) is 3.45. The van der Waals surface area contributed by atoms with Crippen molar-refractivity contribution >= 4 is 0 Å². The van der Waals surface area contributed by atoms with E-state index < -0.39 is 11.7 Å². The third kappa shape index (κ3) is 2.37. The van der Waals surface area contributed by atoms with Crippen LogP contribution in [0.25, 0.3) is 0 Å². The first kappa shape index (κ1) is 13.4. The molecule has 0 radical (unpaired) electrons. The molecule has 1 N–H and O–H groups in total. The van der Waals surface area contributed by atoms with Crippen molar-refractivity contribution in [1.29, 1.82) is 0 Å². The van der Waals surface area contributed by atoms with E-state index in [-0.39, 0.29) is 12.1 Å². The highest BCUT2D eigenvalue weighted by Gasteiger charge is 2.34. The van der Waals surface area contributed by atoms with Gasteiger partial charge in [-0.05, 0) is 36.7 Å². The molecule has 1 aliphatic rings. The summed E-state index contributed by atoms with van der Waals surface area (Å²) < 4.78 is 43.7. The van der Waals surface area contributed by atoms with Crippen LogP contribution in [-0.4, -0.2) is 13.7 Å². The van der Waals surface area contributed by atoms with E-state index in [9.17, 15) is 13.2 Å². The number of likely N-dealkylation sites (N-methyl/N-ethyl adjacent to an activating group) is 1. The smallest absolute Gasteiger partial charge is 0.372 e. The van der Waals surface area contributed by atoms with Gasteiger partial charge < -0.3 is 10.1 Å². The van der Waals surface area contributed by atoms with E-state index in [2.05, 4.69) is 5.32 Å². The minimum Gasteiger partial charge on any atom is -0.372 e. The van der Waals surface area contributed by atoms with Crippen LogP contribution < -0.4 is 5.32 Å². The lowest BCUT2D eigenvalue weighted by atomic mass is 9.91. The van der Waals surface area contributed by atoms with Gasteiger partial charge in [-0.25, -0.2) is 0 Å². The summed E-state index contributed by atoms with van der Waals surface area (Å²) >= 11 is 0. The molecule has 0 spiro atoms. The van der Waals surface area contributed by atoms with Crippen LogP contribution in [0.15, 0.2) is 18.2 Å². The van der Waals surface area contributed by atoms with Crippen LogP contribution in [0.2, 0.25) is 0 Å². The first-order valence-electron chi connectivity index (χ1n) is 5.97. The lowest BCUT2D eigenvalue weighted by molar-refractivity contribution is -0.137. The Hall–Kier alpha value is -1.07. The molecule has 0 aliphatic carbocycles. The lowest BCUT2D eigenvalue weighted by Crippen LogP contribution is -2.29. The van der Waals surface area contributed by atoms with Crippen LogP contribution in [0, 0.1) is 0 Å². The van der Waals surface area contributed by atoms with Gasteiger partial charge in [-0.2, -0.15) is 13.2 Å². The Morgan fingerprint density at radius 3 is 2.61 bits per heavy atom. The molecule has 5 heteroatoms. The third-order valence-corrected chi connectivity index (χ3v) is 3.32. The number of ether oxygens (including phenoxy) is 1. The number of alkyl halides is 3. The first-order valence-corrected chi connectivity index (χ1v) is 5.97. The summed E-state index contributed by atoms with van der Waals surface area (Å²) in [5, 5.41) is 3.06. The van der Waals surface area contributed by atoms with Crippen LogP contribution in [0.5, 0.6) is 0 Å². The molecule has 1 aromatic carbocycles. The number of hydrogen-bond acceptors (Lipinski definition) is 2. The van der Waals surface area contributed by atoms with Gasteiger partial charge in [-0.3, -0.25) is 0 Å². The van der Waals surface area contributed by atoms with Crippen molar-refractivity contribution < 1.29 is 17.9 Å². The third-order valence-electron chi connectivity index (χ3n) is 3.32. The van der Waals surface area contributed by atoms with E-state index in [1.54, 1.807) is 13.1 Å². The molecular formula is C13H16F3NO. The number of hydrogen-bond donors (Lipinski definition) is 1. The molecule has 0 saturated heterocycles. The highest BCUT2D eigenvalue weighted by molar-refractivity contribution is 5.38. The van der Waals surface area contributed by atoms with Crippen molar-refractivity contribution in [2.24, 2.45) is 0 Å². The molecule has 0 bridgehead atoms. The standard InChI is InChI=1S/C13H16F3NO/c1-3-12-10-6-8(13(14,15)16)4-5-9(10)11(17-2)7-18-12/h4-6,11-12,17H,3,7H2,1-2H3/t11-,12?/m1/s1. The zero-order valence-electron chi connectivity index (χ0n) is 10.3. The highest BCUT2D eigenvalue weighted by Crippen LogP contribution is 2.38. The monoisotopic (exact) mass is 259 g/mol. The van der Waals surface area contributed by atoms with Crippen molar-refractivity contribution in [2.75, 3.05) is 13.7 Å². The van der Waals surface area contributed by atoms with Crippen molar-refractivity contribution in [3.05, 3.63) is 34.9 Å². The van der Waals surface area contributed by atoms with Gasteiger partial charge >= 0.3 is 6.18 Å². The van der Waals surface area contributed by atoms with Gasteiger partial charge in [-0.1, -0.05) is 13.0 Å². The highest BCUT2D eigenvalue weighted by atomic mass is 19.4. The van der Waals surface area contributed by atoms with Crippen LogP contribution in [0.3, 0.4) is 0 Å². The molecule has 2 nitrogen and oxygen atoms in total. The zero-order chi connectivity index (χ0) is 13.3. The number of benzene rings is 1.